The molecule has 2 heterocycles. The molecule has 26 heavy (non-hydrogen) atoms. The summed E-state index contributed by atoms with van der Waals surface area (Å²) in [6.07, 6.45) is 2.25. The van der Waals surface area contributed by atoms with Gasteiger partial charge in [-0.1, -0.05) is 11.6 Å². The van der Waals surface area contributed by atoms with E-state index in [4.69, 9.17) is 11.6 Å². The molecule has 2 aliphatic rings. The van der Waals surface area contributed by atoms with E-state index in [1.807, 2.05) is 0 Å². The second-order valence-electron chi connectivity index (χ2n) is 6.41. The Morgan fingerprint density at radius 3 is 2.31 bits per heavy atom. The minimum atomic E-state index is -3.61. The van der Waals surface area contributed by atoms with Gasteiger partial charge >= 0.3 is 0 Å². The summed E-state index contributed by atoms with van der Waals surface area (Å²) in [6, 6.07) is 5.46. The summed E-state index contributed by atoms with van der Waals surface area (Å²) in [5.74, 6) is -0.689. The zero-order valence-electron chi connectivity index (χ0n) is 13.8. The molecule has 10 heteroatoms. The fraction of sp³-hybridized carbons (Fsp3) is 0.438. The number of piperidine rings is 1. The van der Waals surface area contributed by atoms with E-state index < -0.39 is 25.9 Å². The van der Waals surface area contributed by atoms with E-state index in [0.717, 1.165) is 5.41 Å². The highest BCUT2D eigenvalue weighted by Crippen LogP contribution is 2.25. The van der Waals surface area contributed by atoms with Gasteiger partial charge < -0.3 is 5.32 Å². The standard InChI is InChI=1S/C16H19ClN2O5S2/c17-13-1-3-15(4-2-13)26(23,24)19-8-5-12(6-9-19)16(20)18-14-7-10-25(21,22)11-14/h1-4,7,10,12,14H,5-6,8-9,11H2,(H,18,20)/t14-/m0/s1. The van der Waals surface area contributed by atoms with Crippen LogP contribution in [0.25, 0.3) is 0 Å². The number of benzene rings is 1. The number of rotatable bonds is 4. The highest BCUT2D eigenvalue weighted by molar-refractivity contribution is 7.94. The molecule has 1 fully saturated rings. The first kappa shape index (κ1) is 19.3. The molecule has 0 aliphatic carbocycles. The molecule has 1 saturated heterocycles. The predicted molar refractivity (Wildman–Crippen MR) is 97.8 cm³/mol. The van der Waals surface area contributed by atoms with E-state index >= 15 is 0 Å². The van der Waals surface area contributed by atoms with Gasteiger partial charge in [-0.3, -0.25) is 4.79 Å². The number of halogens is 1. The van der Waals surface area contributed by atoms with Gasteiger partial charge in [0.1, 0.15) is 0 Å². The van der Waals surface area contributed by atoms with Gasteiger partial charge in [0.25, 0.3) is 0 Å². The Hall–Kier alpha value is -1.42. The van der Waals surface area contributed by atoms with Gasteiger partial charge in [-0.25, -0.2) is 16.8 Å². The van der Waals surface area contributed by atoms with Crippen molar-refractivity contribution in [3.05, 3.63) is 40.8 Å². The Morgan fingerprint density at radius 2 is 1.77 bits per heavy atom. The van der Waals surface area contributed by atoms with Gasteiger partial charge in [-0.05, 0) is 43.2 Å². The van der Waals surface area contributed by atoms with Gasteiger partial charge in [0.05, 0.1) is 16.7 Å². The van der Waals surface area contributed by atoms with E-state index in [1.54, 1.807) is 0 Å². The smallest absolute Gasteiger partial charge is 0.243 e. The van der Waals surface area contributed by atoms with Crippen LogP contribution in [-0.4, -0.2) is 51.9 Å². The lowest BCUT2D eigenvalue weighted by Crippen LogP contribution is -2.45. The maximum absolute atomic E-state index is 12.6. The molecule has 0 aromatic heterocycles. The summed E-state index contributed by atoms with van der Waals surface area (Å²) in [7, 11) is -6.84. The molecule has 0 spiro atoms. The number of nitrogens with zero attached hydrogens (tertiary/aromatic N) is 1. The van der Waals surface area contributed by atoms with Crippen molar-refractivity contribution < 1.29 is 21.6 Å². The van der Waals surface area contributed by atoms with Crippen LogP contribution in [-0.2, 0) is 24.7 Å². The first-order valence-corrected chi connectivity index (χ1v) is 11.7. The van der Waals surface area contributed by atoms with Gasteiger partial charge in [0.15, 0.2) is 9.84 Å². The summed E-state index contributed by atoms with van der Waals surface area (Å²) >= 11 is 5.79. The third-order valence-corrected chi connectivity index (χ3v) is 8.09. The molecule has 1 N–H and O–H groups in total. The van der Waals surface area contributed by atoms with Crippen LogP contribution in [0.2, 0.25) is 5.02 Å². The van der Waals surface area contributed by atoms with Crippen molar-refractivity contribution in [1.82, 2.24) is 9.62 Å². The summed E-state index contributed by atoms with van der Waals surface area (Å²) < 4.78 is 49.4. The van der Waals surface area contributed by atoms with Crippen LogP contribution in [0.1, 0.15) is 12.8 Å². The molecule has 7 nitrogen and oxygen atoms in total. The minimum Gasteiger partial charge on any atom is -0.349 e. The highest BCUT2D eigenvalue weighted by Gasteiger charge is 2.33. The molecular weight excluding hydrogens is 400 g/mol. The van der Waals surface area contributed by atoms with Crippen LogP contribution >= 0.6 is 11.6 Å². The summed E-state index contributed by atoms with van der Waals surface area (Å²) in [5, 5.41) is 4.28. The second-order valence-corrected chi connectivity index (χ2v) is 10.7. The number of amides is 1. The molecule has 2 aliphatic heterocycles. The molecular formula is C16H19ClN2O5S2. The first-order valence-electron chi connectivity index (χ1n) is 8.14. The molecule has 0 radical (unpaired) electrons. The van der Waals surface area contributed by atoms with Crippen molar-refractivity contribution in [2.24, 2.45) is 5.92 Å². The van der Waals surface area contributed by atoms with E-state index in [2.05, 4.69) is 5.32 Å². The largest absolute Gasteiger partial charge is 0.349 e. The lowest BCUT2D eigenvalue weighted by Gasteiger charge is -2.31. The summed E-state index contributed by atoms with van der Waals surface area (Å²) in [6.45, 7) is 0.476. The molecule has 1 atom stereocenters. The number of carbonyl (C=O) groups is 1. The predicted octanol–water partition coefficient (Wildman–Crippen LogP) is 1.17. The normalized spacial score (nSPS) is 23.8. The molecule has 3 rings (SSSR count). The quantitative estimate of drug-likeness (QED) is 0.790. The number of sulfone groups is 1. The molecule has 0 saturated carbocycles. The molecule has 1 aromatic rings. The molecule has 0 unspecified atom stereocenters. The van der Waals surface area contributed by atoms with Gasteiger partial charge in [-0.15, -0.1) is 0 Å². The van der Waals surface area contributed by atoms with Gasteiger partial charge in [0.2, 0.25) is 15.9 Å². The van der Waals surface area contributed by atoms with Crippen molar-refractivity contribution in [1.29, 1.82) is 0 Å². The Morgan fingerprint density at radius 1 is 1.15 bits per heavy atom. The third-order valence-electron chi connectivity index (χ3n) is 4.53. The number of hydrogen-bond donors (Lipinski definition) is 1. The molecule has 0 bridgehead atoms. The lowest BCUT2D eigenvalue weighted by molar-refractivity contribution is -0.126. The van der Waals surface area contributed by atoms with E-state index in [9.17, 15) is 21.6 Å². The third kappa shape index (κ3) is 4.28. The Bertz CT molecular complexity index is 918. The van der Waals surface area contributed by atoms with Gasteiger partial charge in [-0.2, -0.15) is 4.31 Å². The van der Waals surface area contributed by atoms with Crippen molar-refractivity contribution >= 4 is 37.4 Å². The SMILES string of the molecule is O=C(N[C@H]1C=CS(=O)(=O)C1)C1CCN(S(=O)(=O)c2ccc(Cl)cc2)CC1. The monoisotopic (exact) mass is 418 g/mol. The summed E-state index contributed by atoms with van der Waals surface area (Å²) in [4.78, 5) is 12.5. The summed E-state index contributed by atoms with van der Waals surface area (Å²) in [5.41, 5.74) is 0. The first-order chi connectivity index (χ1) is 12.2. The van der Waals surface area contributed by atoms with Crippen LogP contribution in [0.4, 0.5) is 0 Å². The van der Waals surface area contributed by atoms with Crippen LogP contribution in [0.3, 0.4) is 0 Å². The van der Waals surface area contributed by atoms with E-state index in [1.165, 1.54) is 34.6 Å². The maximum Gasteiger partial charge on any atom is 0.243 e. The number of hydrogen-bond acceptors (Lipinski definition) is 5. The van der Waals surface area contributed by atoms with Crippen molar-refractivity contribution in [3.63, 3.8) is 0 Å². The minimum absolute atomic E-state index is 0.122. The Kier molecular flexibility index (Phi) is 5.43. The number of nitrogens with one attached hydrogen (secondary N) is 1. The Balaban J connectivity index is 1.58. The van der Waals surface area contributed by atoms with Crippen LogP contribution in [0.5, 0.6) is 0 Å². The fourth-order valence-electron chi connectivity index (χ4n) is 3.08. The second kappa shape index (κ2) is 7.30. The van der Waals surface area contributed by atoms with Crippen molar-refractivity contribution in [2.75, 3.05) is 18.8 Å². The zero-order chi connectivity index (χ0) is 18.9. The van der Waals surface area contributed by atoms with Gasteiger partial charge in [0, 0.05) is 29.4 Å². The molecule has 1 aromatic carbocycles. The van der Waals surface area contributed by atoms with Crippen LogP contribution in [0, 0.1) is 5.92 Å². The highest BCUT2D eigenvalue weighted by atomic mass is 35.5. The molecule has 1 amide bonds. The fourth-order valence-corrected chi connectivity index (χ4v) is 5.91. The number of carbonyl (C=O) groups excluding carboxylic acids is 1. The Labute approximate surface area is 158 Å². The average molecular weight is 419 g/mol. The molecule has 142 valence electrons. The number of sulfonamides is 1. The average Bonchev–Trinajstić information content (AvgIpc) is 2.94. The zero-order valence-corrected chi connectivity index (χ0v) is 16.2. The topological polar surface area (TPSA) is 101 Å². The van der Waals surface area contributed by atoms with Crippen molar-refractivity contribution in [3.8, 4) is 0 Å². The van der Waals surface area contributed by atoms with Crippen LogP contribution in [0.15, 0.2) is 40.6 Å². The van der Waals surface area contributed by atoms with Crippen molar-refractivity contribution in [2.45, 2.75) is 23.8 Å². The van der Waals surface area contributed by atoms with E-state index in [-0.39, 0.29) is 35.6 Å². The lowest BCUT2D eigenvalue weighted by atomic mass is 9.97. The maximum atomic E-state index is 12.6. The van der Waals surface area contributed by atoms with Crippen LogP contribution < -0.4 is 5.32 Å². The van der Waals surface area contributed by atoms with E-state index in [0.29, 0.717) is 17.9 Å².